The van der Waals surface area contributed by atoms with Crippen LogP contribution in [0.1, 0.15) is 0 Å². The Bertz CT molecular complexity index is 374. The van der Waals surface area contributed by atoms with Gasteiger partial charge in [-0.1, -0.05) is 0 Å². The molecule has 1 aromatic heterocycles. The zero-order valence-corrected chi connectivity index (χ0v) is 9.78. The van der Waals surface area contributed by atoms with E-state index in [1.165, 1.54) is 13.4 Å². The van der Waals surface area contributed by atoms with Crippen molar-refractivity contribution in [2.24, 2.45) is 0 Å². The van der Waals surface area contributed by atoms with Crippen LogP contribution in [0, 0.1) is 10.1 Å². The summed E-state index contributed by atoms with van der Waals surface area (Å²) in [5, 5.41) is 13.7. The van der Waals surface area contributed by atoms with Gasteiger partial charge in [0, 0.05) is 12.3 Å². The van der Waals surface area contributed by atoms with E-state index in [1.54, 1.807) is 11.8 Å². The molecule has 0 saturated heterocycles. The van der Waals surface area contributed by atoms with Crippen LogP contribution < -0.4 is 10.1 Å². The average molecular weight is 244 g/mol. The Labute approximate surface area is 96.8 Å². The number of nitrogens with one attached hydrogen (secondary N) is 1. The first-order chi connectivity index (χ1) is 7.70. The Morgan fingerprint density at radius 3 is 2.94 bits per heavy atom. The number of ether oxygens (including phenoxy) is 1. The lowest BCUT2D eigenvalue weighted by atomic mass is 10.4. The molecule has 0 bridgehead atoms. The number of nitro groups is 1. The Hall–Kier alpha value is -1.57. The van der Waals surface area contributed by atoms with Gasteiger partial charge in [-0.2, -0.15) is 16.7 Å². The van der Waals surface area contributed by atoms with Gasteiger partial charge in [-0.05, 0) is 6.26 Å². The van der Waals surface area contributed by atoms with Crippen molar-refractivity contribution in [3.8, 4) is 5.88 Å². The molecule has 0 amide bonds. The fourth-order valence-electron chi connectivity index (χ4n) is 1.08. The minimum absolute atomic E-state index is 0.0355. The lowest BCUT2D eigenvalue weighted by Crippen LogP contribution is -2.09. The Balaban J connectivity index is 2.93. The molecule has 88 valence electrons. The molecule has 0 aromatic carbocycles. The molecule has 0 atom stereocenters. The molecule has 0 aliphatic heterocycles. The van der Waals surface area contributed by atoms with Crippen LogP contribution >= 0.6 is 11.8 Å². The topological polar surface area (TPSA) is 90.2 Å². The highest BCUT2D eigenvalue weighted by Gasteiger charge is 2.23. The number of thioether (sulfide) groups is 1. The molecule has 0 fully saturated rings. The number of rotatable bonds is 6. The Kier molecular flexibility index (Phi) is 4.77. The third kappa shape index (κ3) is 2.96. The van der Waals surface area contributed by atoms with Crippen molar-refractivity contribution in [2.75, 3.05) is 31.0 Å². The average Bonchev–Trinajstić information content (AvgIpc) is 2.28. The summed E-state index contributed by atoms with van der Waals surface area (Å²) in [5.41, 5.74) is -0.230. The van der Waals surface area contributed by atoms with Crippen LogP contribution in [0.25, 0.3) is 0 Å². The van der Waals surface area contributed by atoms with E-state index in [-0.39, 0.29) is 17.4 Å². The normalized spacial score (nSPS) is 9.88. The van der Waals surface area contributed by atoms with Gasteiger partial charge in [0.2, 0.25) is 5.82 Å². The molecule has 1 rings (SSSR count). The maximum absolute atomic E-state index is 10.8. The van der Waals surface area contributed by atoms with Gasteiger partial charge in [0.15, 0.2) is 0 Å². The van der Waals surface area contributed by atoms with E-state index in [1.807, 2.05) is 6.26 Å². The number of hydrogen-bond donors (Lipinski definition) is 1. The lowest BCUT2D eigenvalue weighted by molar-refractivity contribution is -0.385. The molecule has 1 N–H and O–H groups in total. The highest BCUT2D eigenvalue weighted by molar-refractivity contribution is 7.98. The van der Waals surface area contributed by atoms with Gasteiger partial charge in [-0.3, -0.25) is 10.1 Å². The predicted octanol–water partition coefficient (Wildman–Crippen LogP) is 1.17. The van der Waals surface area contributed by atoms with Crippen molar-refractivity contribution < 1.29 is 9.66 Å². The summed E-state index contributed by atoms with van der Waals surface area (Å²) in [6.45, 7) is 0.599. The Morgan fingerprint density at radius 1 is 1.62 bits per heavy atom. The van der Waals surface area contributed by atoms with E-state index < -0.39 is 4.92 Å². The molecule has 16 heavy (non-hydrogen) atoms. The molecule has 1 heterocycles. The second kappa shape index (κ2) is 6.11. The summed E-state index contributed by atoms with van der Waals surface area (Å²) >= 11 is 1.64. The molecule has 8 heteroatoms. The summed E-state index contributed by atoms with van der Waals surface area (Å²) < 4.78 is 4.82. The van der Waals surface area contributed by atoms with Gasteiger partial charge >= 0.3 is 5.69 Å². The van der Waals surface area contributed by atoms with E-state index in [0.717, 1.165) is 5.75 Å². The van der Waals surface area contributed by atoms with Crippen molar-refractivity contribution in [2.45, 2.75) is 0 Å². The second-order valence-corrected chi connectivity index (χ2v) is 3.74. The molecule has 1 aromatic rings. The number of hydrogen-bond acceptors (Lipinski definition) is 7. The first kappa shape index (κ1) is 12.5. The molecule has 0 aliphatic rings. The van der Waals surface area contributed by atoms with Crippen LogP contribution in [0.5, 0.6) is 5.88 Å². The number of methoxy groups -OCH3 is 1. The zero-order valence-electron chi connectivity index (χ0n) is 8.97. The van der Waals surface area contributed by atoms with Crippen molar-refractivity contribution in [3.05, 3.63) is 16.4 Å². The van der Waals surface area contributed by atoms with Crippen LogP contribution in [-0.2, 0) is 0 Å². The molecule has 0 unspecified atom stereocenters. The fraction of sp³-hybridized carbons (Fsp3) is 0.500. The van der Waals surface area contributed by atoms with Gasteiger partial charge in [0.25, 0.3) is 5.88 Å². The monoisotopic (exact) mass is 244 g/mol. The second-order valence-electron chi connectivity index (χ2n) is 2.76. The van der Waals surface area contributed by atoms with Crippen LogP contribution in [0.4, 0.5) is 11.5 Å². The molecule has 0 spiro atoms. The van der Waals surface area contributed by atoms with Gasteiger partial charge < -0.3 is 10.1 Å². The molecule has 0 radical (unpaired) electrons. The van der Waals surface area contributed by atoms with E-state index in [0.29, 0.717) is 6.54 Å². The van der Waals surface area contributed by atoms with Crippen LogP contribution in [-0.4, -0.2) is 40.6 Å². The molecular weight excluding hydrogens is 232 g/mol. The van der Waals surface area contributed by atoms with E-state index >= 15 is 0 Å². The zero-order chi connectivity index (χ0) is 12.0. The summed E-state index contributed by atoms with van der Waals surface area (Å²) in [5.74, 6) is 0.987. The highest BCUT2D eigenvalue weighted by Crippen LogP contribution is 2.30. The van der Waals surface area contributed by atoms with Gasteiger partial charge in [0.05, 0.1) is 12.0 Å². The molecule has 7 nitrogen and oxygen atoms in total. The van der Waals surface area contributed by atoms with Crippen molar-refractivity contribution in [1.29, 1.82) is 0 Å². The minimum atomic E-state index is -0.555. The van der Waals surface area contributed by atoms with Gasteiger partial charge in [0.1, 0.15) is 6.33 Å². The van der Waals surface area contributed by atoms with Crippen LogP contribution in [0.3, 0.4) is 0 Å². The van der Waals surface area contributed by atoms with Crippen LogP contribution in [0.15, 0.2) is 6.33 Å². The van der Waals surface area contributed by atoms with Gasteiger partial charge in [-0.25, -0.2) is 4.98 Å². The molecule has 0 saturated carbocycles. The summed E-state index contributed by atoms with van der Waals surface area (Å²) in [6.07, 6.45) is 3.18. The standard InChI is InChI=1S/C8H12N4O3S/c1-15-8-6(12(13)14)7(10-5-11-8)9-3-4-16-2/h5H,3-4H2,1-2H3,(H,9,10,11). The number of anilines is 1. The summed E-state index contributed by atoms with van der Waals surface area (Å²) in [6, 6.07) is 0. The molecule has 0 aliphatic carbocycles. The smallest absolute Gasteiger partial charge is 0.372 e. The number of nitrogens with zero attached hydrogens (tertiary/aromatic N) is 3. The predicted molar refractivity (Wildman–Crippen MR) is 62.1 cm³/mol. The Morgan fingerprint density at radius 2 is 2.38 bits per heavy atom. The fourth-order valence-corrected chi connectivity index (χ4v) is 1.38. The maximum Gasteiger partial charge on any atom is 0.372 e. The van der Waals surface area contributed by atoms with E-state index in [4.69, 9.17) is 4.74 Å². The van der Waals surface area contributed by atoms with Crippen molar-refractivity contribution >= 4 is 23.3 Å². The first-order valence-corrected chi connectivity index (χ1v) is 5.86. The maximum atomic E-state index is 10.8. The quantitative estimate of drug-likeness (QED) is 0.456. The van der Waals surface area contributed by atoms with Gasteiger partial charge in [-0.15, -0.1) is 0 Å². The minimum Gasteiger partial charge on any atom is -0.476 e. The SMILES string of the molecule is COc1ncnc(NCCSC)c1[N+](=O)[O-]. The summed E-state index contributed by atoms with van der Waals surface area (Å²) in [7, 11) is 1.33. The van der Waals surface area contributed by atoms with E-state index in [9.17, 15) is 10.1 Å². The number of aromatic nitrogens is 2. The van der Waals surface area contributed by atoms with Crippen molar-refractivity contribution in [3.63, 3.8) is 0 Å². The highest BCUT2D eigenvalue weighted by atomic mass is 32.2. The van der Waals surface area contributed by atoms with Crippen LogP contribution in [0.2, 0.25) is 0 Å². The van der Waals surface area contributed by atoms with Crippen molar-refractivity contribution in [1.82, 2.24) is 9.97 Å². The van der Waals surface area contributed by atoms with E-state index in [2.05, 4.69) is 15.3 Å². The lowest BCUT2D eigenvalue weighted by Gasteiger charge is -2.06. The third-order valence-electron chi connectivity index (χ3n) is 1.76. The summed E-state index contributed by atoms with van der Waals surface area (Å²) in [4.78, 5) is 17.8. The molecular formula is C8H12N4O3S. The first-order valence-electron chi connectivity index (χ1n) is 4.47. The largest absolute Gasteiger partial charge is 0.476 e. The third-order valence-corrected chi connectivity index (χ3v) is 2.38.